The number of rotatable bonds is 1. The predicted molar refractivity (Wildman–Crippen MR) is 56.9 cm³/mol. The molecule has 2 unspecified atom stereocenters. The van der Waals surface area contributed by atoms with Gasteiger partial charge in [0.2, 0.25) is 0 Å². The van der Waals surface area contributed by atoms with E-state index in [2.05, 4.69) is 4.98 Å². The van der Waals surface area contributed by atoms with Gasteiger partial charge in [0, 0.05) is 25.0 Å². The Kier molecular flexibility index (Phi) is 2.89. The average Bonchev–Trinajstić information content (AvgIpc) is 2.59. The number of aromatic nitrogens is 1. The lowest BCUT2D eigenvalue weighted by Crippen LogP contribution is -2.30. The molecule has 0 aromatic carbocycles. The molecule has 1 aliphatic heterocycles. The van der Waals surface area contributed by atoms with Gasteiger partial charge in [-0.1, -0.05) is 0 Å². The fourth-order valence-electron chi connectivity index (χ4n) is 1.82. The zero-order valence-corrected chi connectivity index (χ0v) is 9.00. The predicted octanol–water partition coefficient (Wildman–Crippen LogP) is -0.432. The third-order valence-corrected chi connectivity index (χ3v) is 2.78. The van der Waals surface area contributed by atoms with Gasteiger partial charge in [-0.2, -0.15) is 0 Å². The van der Waals surface area contributed by atoms with Crippen molar-refractivity contribution in [3.05, 3.63) is 29.6 Å². The van der Waals surface area contributed by atoms with Gasteiger partial charge >= 0.3 is 0 Å². The van der Waals surface area contributed by atoms with E-state index in [0.29, 0.717) is 11.3 Å². The van der Waals surface area contributed by atoms with Gasteiger partial charge in [-0.05, 0) is 19.1 Å². The third-order valence-electron chi connectivity index (χ3n) is 2.78. The smallest absolute Gasteiger partial charge is 0.255 e. The molecule has 5 nitrogen and oxygen atoms in total. The number of amides is 1. The SMILES string of the molecule is Cc1ncccc1C(=O)N1CC(O)C(O)C1. The van der Waals surface area contributed by atoms with Gasteiger partial charge in [-0.15, -0.1) is 0 Å². The minimum atomic E-state index is -0.846. The average molecular weight is 222 g/mol. The van der Waals surface area contributed by atoms with Gasteiger partial charge in [0.15, 0.2) is 0 Å². The molecule has 2 rings (SSSR count). The summed E-state index contributed by atoms with van der Waals surface area (Å²) in [5.41, 5.74) is 1.17. The summed E-state index contributed by atoms with van der Waals surface area (Å²) in [5, 5.41) is 18.7. The number of nitrogens with zero attached hydrogens (tertiary/aromatic N) is 2. The molecule has 86 valence electrons. The van der Waals surface area contributed by atoms with Crippen LogP contribution in [0.5, 0.6) is 0 Å². The summed E-state index contributed by atoms with van der Waals surface area (Å²) in [6, 6.07) is 3.39. The molecule has 0 saturated carbocycles. The van der Waals surface area contributed by atoms with Crippen molar-refractivity contribution in [3.8, 4) is 0 Å². The zero-order chi connectivity index (χ0) is 11.7. The summed E-state index contributed by atoms with van der Waals surface area (Å²) in [5.74, 6) is -0.193. The molecule has 0 radical (unpaired) electrons. The number of hydrogen-bond donors (Lipinski definition) is 2. The van der Waals surface area contributed by atoms with E-state index in [4.69, 9.17) is 0 Å². The van der Waals surface area contributed by atoms with Crippen molar-refractivity contribution < 1.29 is 15.0 Å². The minimum absolute atomic E-state index is 0.175. The highest BCUT2D eigenvalue weighted by Gasteiger charge is 2.33. The molecule has 1 aliphatic rings. The maximum Gasteiger partial charge on any atom is 0.255 e. The molecule has 5 heteroatoms. The lowest BCUT2D eigenvalue weighted by atomic mass is 10.2. The molecule has 2 atom stereocenters. The van der Waals surface area contributed by atoms with E-state index >= 15 is 0 Å². The van der Waals surface area contributed by atoms with E-state index in [1.54, 1.807) is 25.3 Å². The molecular weight excluding hydrogens is 208 g/mol. The Morgan fingerprint density at radius 2 is 2.06 bits per heavy atom. The molecule has 16 heavy (non-hydrogen) atoms. The second-order valence-electron chi connectivity index (χ2n) is 3.98. The quantitative estimate of drug-likeness (QED) is 0.676. The number of aryl methyl sites for hydroxylation is 1. The van der Waals surface area contributed by atoms with Crippen molar-refractivity contribution >= 4 is 5.91 Å². The Hall–Kier alpha value is -1.46. The van der Waals surface area contributed by atoms with Crippen molar-refractivity contribution in [3.63, 3.8) is 0 Å². The summed E-state index contributed by atoms with van der Waals surface area (Å²) >= 11 is 0. The van der Waals surface area contributed by atoms with Gasteiger partial charge < -0.3 is 15.1 Å². The summed E-state index contributed by atoms with van der Waals surface area (Å²) < 4.78 is 0. The van der Waals surface area contributed by atoms with E-state index in [-0.39, 0.29) is 19.0 Å². The van der Waals surface area contributed by atoms with Crippen LogP contribution in [0.15, 0.2) is 18.3 Å². The van der Waals surface area contributed by atoms with Gasteiger partial charge in [0.05, 0.1) is 17.8 Å². The second kappa shape index (κ2) is 4.19. The van der Waals surface area contributed by atoms with E-state index in [9.17, 15) is 15.0 Å². The Bertz CT molecular complexity index is 398. The Balaban J connectivity index is 2.18. The Morgan fingerprint density at radius 1 is 1.44 bits per heavy atom. The molecule has 1 aromatic rings. The number of carbonyl (C=O) groups excluding carboxylic acids is 1. The first-order valence-corrected chi connectivity index (χ1v) is 5.16. The van der Waals surface area contributed by atoms with E-state index in [0.717, 1.165) is 0 Å². The second-order valence-corrected chi connectivity index (χ2v) is 3.98. The van der Waals surface area contributed by atoms with E-state index < -0.39 is 12.2 Å². The Labute approximate surface area is 93.3 Å². The van der Waals surface area contributed by atoms with Gasteiger partial charge in [0.1, 0.15) is 0 Å². The molecule has 0 aliphatic carbocycles. The number of carbonyl (C=O) groups is 1. The molecule has 2 heterocycles. The van der Waals surface area contributed by atoms with Crippen LogP contribution in [0.1, 0.15) is 16.1 Å². The van der Waals surface area contributed by atoms with Crippen LogP contribution in [0.2, 0.25) is 0 Å². The largest absolute Gasteiger partial charge is 0.388 e. The fraction of sp³-hybridized carbons (Fsp3) is 0.455. The minimum Gasteiger partial charge on any atom is -0.388 e. The van der Waals surface area contributed by atoms with Crippen LogP contribution in [0.25, 0.3) is 0 Å². The number of aliphatic hydroxyl groups is 2. The standard InChI is InChI=1S/C11H14N2O3/c1-7-8(3-2-4-12-7)11(16)13-5-9(14)10(15)6-13/h2-4,9-10,14-15H,5-6H2,1H3. The van der Waals surface area contributed by atoms with Crippen LogP contribution in [0, 0.1) is 6.92 Å². The fourth-order valence-corrected chi connectivity index (χ4v) is 1.82. The third kappa shape index (κ3) is 1.91. The van der Waals surface area contributed by atoms with Crippen molar-refractivity contribution in [2.24, 2.45) is 0 Å². The zero-order valence-electron chi connectivity index (χ0n) is 9.00. The number of β-amino-alcohol motifs (C(OH)–C–C–N with tert-alkyl or cyclic N) is 2. The maximum absolute atomic E-state index is 12.0. The first kappa shape index (κ1) is 11.0. The molecule has 1 amide bonds. The van der Waals surface area contributed by atoms with Gasteiger partial charge in [-0.3, -0.25) is 9.78 Å². The van der Waals surface area contributed by atoms with Crippen molar-refractivity contribution in [1.29, 1.82) is 0 Å². The first-order valence-electron chi connectivity index (χ1n) is 5.16. The summed E-state index contributed by atoms with van der Waals surface area (Å²) in [7, 11) is 0. The number of hydrogen-bond acceptors (Lipinski definition) is 4. The van der Waals surface area contributed by atoms with Crippen LogP contribution < -0.4 is 0 Å². The summed E-state index contributed by atoms with van der Waals surface area (Å²) in [6.45, 7) is 2.11. The van der Waals surface area contributed by atoms with Crippen molar-refractivity contribution in [2.45, 2.75) is 19.1 Å². The maximum atomic E-state index is 12.0. The Morgan fingerprint density at radius 3 is 2.62 bits per heavy atom. The summed E-state index contributed by atoms with van der Waals surface area (Å²) in [6.07, 6.45) is -0.0679. The highest BCUT2D eigenvalue weighted by atomic mass is 16.3. The molecule has 1 fully saturated rings. The molecule has 0 bridgehead atoms. The van der Waals surface area contributed by atoms with E-state index in [1.807, 2.05) is 0 Å². The summed E-state index contributed by atoms with van der Waals surface area (Å²) in [4.78, 5) is 17.5. The molecule has 2 N–H and O–H groups in total. The number of aliphatic hydroxyl groups excluding tert-OH is 2. The normalized spacial score (nSPS) is 24.8. The lowest BCUT2D eigenvalue weighted by molar-refractivity contribution is 0.0572. The monoisotopic (exact) mass is 222 g/mol. The first-order chi connectivity index (χ1) is 7.59. The number of likely N-dealkylation sites (tertiary alicyclic amines) is 1. The van der Waals surface area contributed by atoms with Gasteiger partial charge in [0.25, 0.3) is 5.91 Å². The van der Waals surface area contributed by atoms with E-state index in [1.165, 1.54) is 4.90 Å². The topological polar surface area (TPSA) is 73.7 Å². The number of pyridine rings is 1. The molecular formula is C11H14N2O3. The highest BCUT2D eigenvalue weighted by molar-refractivity contribution is 5.95. The van der Waals surface area contributed by atoms with Crippen LogP contribution in [-0.4, -0.2) is 51.3 Å². The van der Waals surface area contributed by atoms with Crippen LogP contribution >= 0.6 is 0 Å². The van der Waals surface area contributed by atoms with Crippen LogP contribution in [-0.2, 0) is 0 Å². The highest BCUT2D eigenvalue weighted by Crippen LogP contribution is 2.15. The van der Waals surface area contributed by atoms with Crippen LogP contribution in [0.3, 0.4) is 0 Å². The van der Waals surface area contributed by atoms with Crippen LogP contribution in [0.4, 0.5) is 0 Å². The molecule has 0 spiro atoms. The van der Waals surface area contributed by atoms with Crippen molar-refractivity contribution in [1.82, 2.24) is 9.88 Å². The van der Waals surface area contributed by atoms with Gasteiger partial charge in [-0.25, -0.2) is 0 Å². The molecule has 1 saturated heterocycles. The molecule has 1 aromatic heterocycles. The van der Waals surface area contributed by atoms with Crippen molar-refractivity contribution in [2.75, 3.05) is 13.1 Å². The lowest BCUT2D eigenvalue weighted by Gasteiger charge is -2.16.